The summed E-state index contributed by atoms with van der Waals surface area (Å²) in [6.07, 6.45) is 3.63. The molecule has 3 N–H and O–H groups in total. The van der Waals surface area contributed by atoms with Crippen LogP contribution in [0.3, 0.4) is 0 Å². The summed E-state index contributed by atoms with van der Waals surface area (Å²) in [6.45, 7) is 3.57. The fraction of sp³-hybridized carbons (Fsp3) is 0.714. The molecule has 2 heterocycles. The first-order valence-electron chi connectivity index (χ1n) is 7.33. The summed E-state index contributed by atoms with van der Waals surface area (Å²) in [5.41, 5.74) is 6.60. The number of nitriles is 1. The maximum atomic E-state index is 9.59. The second-order valence-electron chi connectivity index (χ2n) is 5.94. The predicted octanol–water partition coefficient (Wildman–Crippen LogP) is 1.27. The zero-order valence-corrected chi connectivity index (χ0v) is 11.8. The molecule has 0 spiro atoms. The van der Waals surface area contributed by atoms with Crippen molar-refractivity contribution >= 4 is 11.6 Å². The first kappa shape index (κ1) is 13.3. The molecule has 1 aliphatic heterocycles. The number of hydrogen-bond donors (Lipinski definition) is 2. The Balaban J connectivity index is 1.90. The molecule has 1 atom stereocenters. The van der Waals surface area contributed by atoms with Crippen LogP contribution in [0.2, 0.25) is 0 Å². The third-order valence-electron chi connectivity index (χ3n) is 4.49. The van der Waals surface area contributed by atoms with Crippen molar-refractivity contribution in [2.45, 2.75) is 44.8 Å². The third-order valence-corrected chi connectivity index (χ3v) is 4.49. The molecule has 6 nitrogen and oxygen atoms in total. The molecule has 1 aromatic heterocycles. The summed E-state index contributed by atoms with van der Waals surface area (Å²) in [4.78, 5) is 2.07. The minimum absolute atomic E-state index is 0.235. The van der Waals surface area contributed by atoms with Gasteiger partial charge < -0.3 is 15.7 Å². The topological polar surface area (TPSA) is 91.1 Å². The van der Waals surface area contributed by atoms with Crippen LogP contribution in [-0.2, 0) is 0 Å². The summed E-state index contributed by atoms with van der Waals surface area (Å²) >= 11 is 0. The van der Waals surface area contributed by atoms with Gasteiger partial charge in [0.05, 0.1) is 12.1 Å². The van der Waals surface area contributed by atoms with Crippen LogP contribution in [0, 0.1) is 17.2 Å². The molecule has 20 heavy (non-hydrogen) atoms. The van der Waals surface area contributed by atoms with E-state index in [0.717, 1.165) is 25.9 Å². The Kier molecular flexibility index (Phi) is 3.30. The van der Waals surface area contributed by atoms with Gasteiger partial charge >= 0.3 is 0 Å². The van der Waals surface area contributed by atoms with Crippen molar-refractivity contribution in [3.8, 4) is 6.07 Å². The van der Waals surface area contributed by atoms with Gasteiger partial charge in [-0.25, -0.2) is 4.68 Å². The van der Waals surface area contributed by atoms with E-state index in [0.29, 0.717) is 23.1 Å². The van der Waals surface area contributed by atoms with Crippen LogP contribution < -0.4 is 10.6 Å². The Bertz CT molecular complexity index is 534. The molecule has 1 unspecified atom stereocenters. The number of hydrogen-bond acceptors (Lipinski definition) is 5. The van der Waals surface area contributed by atoms with E-state index in [1.165, 1.54) is 12.8 Å². The third kappa shape index (κ3) is 2.22. The zero-order chi connectivity index (χ0) is 14.3. The molecule has 1 saturated carbocycles. The number of aliphatic hydroxyl groups excluding tert-OH is 1. The van der Waals surface area contributed by atoms with Crippen LogP contribution in [0.4, 0.5) is 11.6 Å². The van der Waals surface area contributed by atoms with Crippen LogP contribution in [0.5, 0.6) is 0 Å². The lowest BCUT2D eigenvalue weighted by atomic mass is 10.1. The van der Waals surface area contributed by atoms with Crippen molar-refractivity contribution < 1.29 is 5.11 Å². The smallest absolute Gasteiger partial charge is 0.170 e. The fourth-order valence-corrected chi connectivity index (χ4v) is 2.93. The molecule has 6 heteroatoms. The highest BCUT2D eigenvalue weighted by Crippen LogP contribution is 2.41. The van der Waals surface area contributed by atoms with Gasteiger partial charge in [-0.2, -0.15) is 10.4 Å². The SMILES string of the molecule is CC(C1CC1)n1nc(N2CCC(O)CC2)c(C#N)c1N. The number of nitrogens with zero attached hydrogens (tertiary/aromatic N) is 4. The van der Waals surface area contributed by atoms with Gasteiger partial charge in [-0.15, -0.1) is 0 Å². The van der Waals surface area contributed by atoms with E-state index in [2.05, 4.69) is 23.0 Å². The Morgan fingerprint density at radius 1 is 1.35 bits per heavy atom. The monoisotopic (exact) mass is 275 g/mol. The van der Waals surface area contributed by atoms with E-state index in [4.69, 9.17) is 5.73 Å². The van der Waals surface area contributed by atoms with Crippen molar-refractivity contribution in [2.24, 2.45) is 5.92 Å². The largest absolute Gasteiger partial charge is 0.393 e. The van der Waals surface area contributed by atoms with Crippen molar-refractivity contribution in [3.63, 3.8) is 0 Å². The highest BCUT2D eigenvalue weighted by Gasteiger charge is 2.33. The minimum atomic E-state index is -0.235. The maximum Gasteiger partial charge on any atom is 0.170 e. The highest BCUT2D eigenvalue weighted by atomic mass is 16.3. The standard InChI is InChI=1S/C14H21N5O/c1-9(10-2-3-10)19-13(16)12(8-15)14(17-19)18-6-4-11(20)5-7-18/h9-11,20H,2-7,16H2,1H3. The van der Waals surface area contributed by atoms with Crippen LogP contribution in [-0.4, -0.2) is 34.1 Å². The van der Waals surface area contributed by atoms with E-state index >= 15 is 0 Å². The first-order chi connectivity index (χ1) is 9.61. The second kappa shape index (κ2) is 4.98. The maximum absolute atomic E-state index is 9.59. The summed E-state index contributed by atoms with van der Waals surface area (Å²) in [5, 5.41) is 23.6. The van der Waals surface area contributed by atoms with E-state index < -0.39 is 0 Å². The molecule has 0 radical (unpaired) electrons. The molecule has 2 fully saturated rings. The van der Waals surface area contributed by atoms with Gasteiger partial charge in [-0.1, -0.05) is 0 Å². The average Bonchev–Trinajstić information content (AvgIpc) is 3.23. The van der Waals surface area contributed by atoms with Crippen LogP contribution >= 0.6 is 0 Å². The summed E-state index contributed by atoms with van der Waals surface area (Å²) in [6, 6.07) is 2.45. The molecule has 2 aliphatic rings. The van der Waals surface area contributed by atoms with Crippen molar-refractivity contribution in [3.05, 3.63) is 5.56 Å². The van der Waals surface area contributed by atoms with Crippen LogP contribution in [0.25, 0.3) is 0 Å². The summed E-state index contributed by atoms with van der Waals surface area (Å²) in [5.74, 6) is 1.80. The van der Waals surface area contributed by atoms with Gasteiger partial charge in [0.2, 0.25) is 0 Å². The van der Waals surface area contributed by atoms with Gasteiger partial charge in [0, 0.05) is 13.1 Å². The Labute approximate surface area is 118 Å². The predicted molar refractivity (Wildman–Crippen MR) is 76.2 cm³/mol. The molecule has 0 aromatic carbocycles. The van der Waals surface area contributed by atoms with Crippen LogP contribution in [0.1, 0.15) is 44.2 Å². The van der Waals surface area contributed by atoms with Gasteiger partial charge in [-0.3, -0.25) is 0 Å². The molecule has 0 bridgehead atoms. The van der Waals surface area contributed by atoms with Gasteiger partial charge in [0.15, 0.2) is 5.82 Å². The molecule has 1 aromatic rings. The zero-order valence-electron chi connectivity index (χ0n) is 11.8. The molecular weight excluding hydrogens is 254 g/mol. The van der Waals surface area contributed by atoms with Crippen LogP contribution in [0.15, 0.2) is 0 Å². The lowest BCUT2D eigenvalue weighted by molar-refractivity contribution is 0.145. The van der Waals surface area contributed by atoms with Crippen molar-refractivity contribution in [1.29, 1.82) is 5.26 Å². The van der Waals surface area contributed by atoms with E-state index in [9.17, 15) is 10.4 Å². The van der Waals surface area contributed by atoms with Gasteiger partial charge in [0.1, 0.15) is 17.5 Å². The molecule has 0 amide bonds. The number of nitrogen functional groups attached to an aromatic ring is 1. The lowest BCUT2D eigenvalue weighted by Crippen LogP contribution is -2.36. The van der Waals surface area contributed by atoms with Gasteiger partial charge in [0.25, 0.3) is 0 Å². The summed E-state index contributed by atoms with van der Waals surface area (Å²) < 4.78 is 1.82. The van der Waals surface area contributed by atoms with E-state index in [1.807, 2.05) is 4.68 Å². The Morgan fingerprint density at radius 3 is 2.55 bits per heavy atom. The van der Waals surface area contributed by atoms with E-state index in [1.54, 1.807) is 0 Å². The Hall–Kier alpha value is -1.74. The molecule has 1 aliphatic carbocycles. The van der Waals surface area contributed by atoms with Gasteiger partial charge in [-0.05, 0) is 38.5 Å². The number of aromatic nitrogens is 2. The molecular formula is C14H21N5O. The van der Waals surface area contributed by atoms with E-state index in [-0.39, 0.29) is 12.1 Å². The first-order valence-corrected chi connectivity index (χ1v) is 7.33. The molecule has 1 saturated heterocycles. The lowest BCUT2D eigenvalue weighted by Gasteiger charge is -2.29. The number of aliphatic hydroxyl groups is 1. The molecule has 3 rings (SSSR count). The number of rotatable bonds is 3. The number of piperidine rings is 1. The summed E-state index contributed by atoms with van der Waals surface area (Å²) in [7, 11) is 0. The fourth-order valence-electron chi connectivity index (χ4n) is 2.93. The normalized spacial score (nSPS) is 21.8. The Morgan fingerprint density at radius 2 is 2.00 bits per heavy atom. The quantitative estimate of drug-likeness (QED) is 0.866. The number of nitrogens with two attached hydrogens (primary N) is 1. The minimum Gasteiger partial charge on any atom is -0.393 e. The van der Waals surface area contributed by atoms with Crippen molar-refractivity contribution in [1.82, 2.24) is 9.78 Å². The average molecular weight is 275 g/mol. The molecule has 108 valence electrons. The number of anilines is 2. The van der Waals surface area contributed by atoms with Crippen molar-refractivity contribution in [2.75, 3.05) is 23.7 Å². The second-order valence-corrected chi connectivity index (χ2v) is 5.94. The highest BCUT2D eigenvalue weighted by molar-refractivity contribution is 5.65.